The molecule has 106 valence electrons. The van der Waals surface area contributed by atoms with Crippen molar-refractivity contribution >= 4 is 11.9 Å². The van der Waals surface area contributed by atoms with Crippen molar-refractivity contribution in [1.29, 1.82) is 0 Å². The second-order valence-electron chi connectivity index (χ2n) is 6.33. The highest BCUT2D eigenvalue weighted by atomic mass is 16.5. The van der Waals surface area contributed by atoms with Crippen LogP contribution >= 0.6 is 0 Å². The van der Waals surface area contributed by atoms with Crippen LogP contribution in [0.1, 0.15) is 48.5 Å². The van der Waals surface area contributed by atoms with E-state index in [1.54, 1.807) is 0 Å². The first-order valence-corrected chi connectivity index (χ1v) is 6.41. The van der Waals surface area contributed by atoms with Gasteiger partial charge in [-0.15, -0.1) is 0 Å². The van der Waals surface area contributed by atoms with Gasteiger partial charge in [-0.3, -0.25) is 9.59 Å². The zero-order valence-corrected chi connectivity index (χ0v) is 12.9. The van der Waals surface area contributed by atoms with Crippen molar-refractivity contribution in [3.8, 4) is 0 Å². The number of esters is 1. The zero-order chi connectivity index (χ0) is 14.7. The van der Waals surface area contributed by atoms with Crippen LogP contribution in [-0.4, -0.2) is 25.0 Å². The second kappa shape index (κ2) is 5.72. The number of nitrogens with one attached hydrogen (secondary N) is 1. The van der Waals surface area contributed by atoms with Gasteiger partial charge < -0.3 is 10.1 Å². The maximum Gasteiger partial charge on any atom is 0.322 e. The first kappa shape index (κ1) is 16.9. The Morgan fingerprint density at radius 1 is 1.06 bits per heavy atom. The molecule has 4 heteroatoms. The molecule has 0 aliphatic carbocycles. The summed E-state index contributed by atoms with van der Waals surface area (Å²) in [7, 11) is 1.33. The van der Waals surface area contributed by atoms with E-state index < -0.39 is 16.8 Å². The third kappa shape index (κ3) is 2.85. The fraction of sp³-hybridized carbons (Fsp3) is 0.857. The number of rotatable bonds is 4. The highest BCUT2D eigenvalue weighted by molar-refractivity contribution is 6.04. The van der Waals surface area contributed by atoms with Crippen LogP contribution < -0.4 is 5.32 Å². The molecule has 0 spiro atoms. The molecule has 0 rings (SSSR count). The van der Waals surface area contributed by atoms with E-state index in [4.69, 9.17) is 4.74 Å². The topological polar surface area (TPSA) is 55.4 Å². The van der Waals surface area contributed by atoms with Crippen LogP contribution in [0, 0.1) is 16.7 Å². The minimum absolute atomic E-state index is 0.0115. The Balaban J connectivity index is 5.79. The fourth-order valence-corrected chi connectivity index (χ4v) is 2.64. The highest BCUT2D eigenvalue weighted by Gasteiger charge is 2.57. The average Bonchev–Trinajstić information content (AvgIpc) is 2.13. The second-order valence-corrected chi connectivity index (χ2v) is 6.33. The van der Waals surface area contributed by atoms with Gasteiger partial charge in [0.05, 0.1) is 7.11 Å². The van der Waals surface area contributed by atoms with Gasteiger partial charge in [0.2, 0.25) is 5.91 Å². The van der Waals surface area contributed by atoms with Crippen molar-refractivity contribution in [3.63, 3.8) is 0 Å². The van der Waals surface area contributed by atoms with E-state index >= 15 is 0 Å². The van der Waals surface area contributed by atoms with Gasteiger partial charge in [0.15, 0.2) is 5.41 Å². The molecular weight excluding hydrogens is 230 g/mol. The molecule has 0 aromatic heterocycles. The standard InChI is InChI=1S/C14H27NO3/c1-9(2)14(12(17)18-8,13(5,6)7)11(16)15-10(3)4/h9-10H,1-8H3,(H,15,16). The smallest absolute Gasteiger partial charge is 0.322 e. The maximum atomic E-state index is 12.6. The Morgan fingerprint density at radius 2 is 1.50 bits per heavy atom. The van der Waals surface area contributed by atoms with Gasteiger partial charge in [-0.2, -0.15) is 0 Å². The van der Waals surface area contributed by atoms with Crippen LogP contribution in [0.3, 0.4) is 0 Å². The molecule has 1 atom stereocenters. The van der Waals surface area contributed by atoms with Crippen LogP contribution in [0.5, 0.6) is 0 Å². The van der Waals surface area contributed by atoms with Crippen molar-refractivity contribution < 1.29 is 14.3 Å². The van der Waals surface area contributed by atoms with Gasteiger partial charge in [-0.05, 0) is 25.2 Å². The van der Waals surface area contributed by atoms with E-state index in [0.29, 0.717) is 0 Å². The van der Waals surface area contributed by atoms with E-state index in [1.165, 1.54) is 7.11 Å². The Kier molecular flexibility index (Phi) is 5.38. The molecular formula is C14H27NO3. The Labute approximate surface area is 110 Å². The summed E-state index contributed by atoms with van der Waals surface area (Å²) >= 11 is 0. The van der Waals surface area contributed by atoms with Crippen molar-refractivity contribution in [2.45, 2.75) is 54.5 Å². The predicted molar refractivity (Wildman–Crippen MR) is 72.0 cm³/mol. The summed E-state index contributed by atoms with van der Waals surface area (Å²) in [5, 5.41) is 2.85. The molecule has 1 unspecified atom stereocenters. The molecule has 0 aromatic rings. The van der Waals surface area contributed by atoms with Gasteiger partial charge in [0.1, 0.15) is 0 Å². The van der Waals surface area contributed by atoms with Crippen molar-refractivity contribution in [1.82, 2.24) is 5.32 Å². The van der Waals surface area contributed by atoms with Gasteiger partial charge in [0.25, 0.3) is 0 Å². The molecule has 0 saturated heterocycles. The van der Waals surface area contributed by atoms with E-state index in [0.717, 1.165) is 0 Å². The zero-order valence-electron chi connectivity index (χ0n) is 12.9. The van der Waals surface area contributed by atoms with Crippen molar-refractivity contribution in [2.24, 2.45) is 16.7 Å². The first-order valence-electron chi connectivity index (χ1n) is 6.41. The summed E-state index contributed by atoms with van der Waals surface area (Å²) in [5.41, 5.74) is -1.70. The van der Waals surface area contributed by atoms with E-state index in [9.17, 15) is 9.59 Å². The summed E-state index contributed by atoms with van der Waals surface area (Å²) in [6.07, 6.45) is 0. The minimum atomic E-state index is -1.17. The lowest BCUT2D eigenvalue weighted by Crippen LogP contribution is -2.58. The molecule has 0 bridgehead atoms. The fourth-order valence-electron chi connectivity index (χ4n) is 2.64. The lowest BCUT2D eigenvalue weighted by molar-refractivity contribution is -0.172. The molecule has 1 amide bonds. The van der Waals surface area contributed by atoms with Gasteiger partial charge >= 0.3 is 5.97 Å². The summed E-state index contributed by atoms with van der Waals surface area (Å²) < 4.78 is 4.91. The van der Waals surface area contributed by atoms with Gasteiger partial charge in [-0.1, -0.05) is 34.6 Å². The van der Waals surface area contributed by atoms with Crippen LogP contribution in [0.4, 0.5) is 0 Å². The molecule has 0 aromatic carbocycles. The molecule has 0 heterocycles. The van der Waals surface area contributed by atoms with E-state index in [2.05, 4.69) is 5.32 Å². The molecule has 0 aliphatic heterocycles. The first-order chi connectivity index (χ1) is 8.01. The summed E-state index contributed by atoms with van der Waals surface area (Å²) in [6, 6.07) is -0.0115. The number of amides is 1. The number of carbonyl (C=O) groups is 2. The van der Waals surface area contributed by atoms with Crippen LogP contribution in [0.2, 0.25) is 0 Å². The van der Waals surface area contributed by atoms with Crippen molar-refractivity contribution in [3.05, 3.63) is 0 Å². The Hall–Kier alpha value is -1.06. The van der Waals surface area contributed by atoms with E-state index in [1.807, 2.05) is 48.5 Å². The Morgan fingerprint density at radius 3 is 1.72 bits per heavy atom. The summed E-state index contributed by atoms with van der Waals surface area (Å²) in [6.45, 7) is 13.2. The SMILES string of the molecule is COC(=O)C(C(=O)NC(C)C)(C(C)C)C(C)(C)C. The Bertz CT molecular complexity index is 315. The summed E-state index contributed by atoms with van der Waals surface area (Å²) in [4.78, 5) is 24.8. The van der Waals surface area contributed by atoms with Gasteiger partial charge in [0, 0.05) is 6.04 Å². The number of hydrogen-bond donors (Lipinski definition) is 1. The van der Waals surface area contributed by atoms with Crippen LogP contribution in [0.15, 0.2) is 0 Å². The molecule has 1 N–H and O–H groups in total. The molecule has 0 radical (unpaired) electrons. The van der Waals surface area contributed by atoms with Crippen molar-refractivity contribution in [2.75, 3.05) is 7.11 Å². The van der Waals surface area contributed by atoms with Crippen LogP contribution in [-0.2, 0) is 14.3 Å². The lowest BCUT2D eigenvalue weighted by Gasteiger charge is -2.44. The van der Waals surface area contributed by atoms with E-state index in [-0.39, 0.29) is 17.9 Å². The molecule has 0 saturated carbocycles. The lowest BCUT2D eigenvalue weighted by atomic mass is 9.59. The third-order valence-corrected chi connectivity index (χ3v) is 3.33. The number of methoxy groups -OCH3 is 1. The average molecular weight is 257 g/mol. The molecule has 0 aliphatic rings. The normalized spacial score (nSPS) is 15.4. The highest BCUT2D eigenvalue weighted by Crippen LogP contribution is 2.46. The maximum absolute atomic E-state index is 12.6. The third-order valence-electron chi connectivity index (χ3n) is 3.33. The summed E-state index contributed by atoms with van der Waals surface area (Å²) in [5.74, 6) is -0.876. The molecule has 18 heavy (non-hydrogen) atoms. The van der Waals surface area contributed by atoms with Gasteiger partial charge in [-0.25, -0.2) is 0 Å². The minimum Gasteiger partial charge on any atom is -0.468 e. The van der Waals surface area contributed by atoms with Crippen LogP contribution in [0.25, 0.3) is 0 Å². The number of hydrogen-bond acceptors (Lipinski definition) is 3. The largest absolute Gasteiger partial charge is 0.468 e. The predicted octanol–water partition coefficient (Wildman–Crippen LogP) is 2.37. The monoisotopic (exact) mass is 257 g/mol. The number of carbonyl (C=O) groups excluding carboxylic acids is 2. The molecule has 4 nitrogen and oxygen atoms in total. The quantitative estimate of drug-likeness (QED) is 0.621. The molecule has 0 fully saturated rings. The number of ether oxygens (including phenoxy) is 1.